The largest absolute Gasteiger partial charge is 0.502 e. The van der Waals surface area contributed by atoms with E-state index in [1.54, 1.807) is 6.07 Å². The Hall–Kier alpha value is -2.06. The number of likely N-dealkylation sites (tertiary alicyclic amines) is 1. The molecule has 1 aromatic carbocycles. The van der Waals surface area contributed by atoms with E-state index in [0.717, 1.165) is 13.1 Å². The molecule has 100 valence electrons. The van der Waals surface area contributed by atoms with E-state index < -0.39 is 4.92 Å². The first-order chi connectivity index (χ1) is 9.16. The summed E-state index contributed by atoms with van der Waals surface area (Å²) in [6.07, 6.45) is 3.74. The molecule has 0 spiro atoms. The summed E-state index contributed by atoms with van der Waals surface area (Å²) in [6, 6.07) is 4.17. The summed E-state index contributed by atoms with van der Waals surface area (Å²) in [6.45, 7) is 2.87. The van der Waals surface area contributed by atoms with Gasteiger partial charge >= 0.3 is 5.69 Å². The number of nitro groups is 1. The minimum atomic E-state index is -0.611. The lowest BCUT2D eigenvalue weighted by Crippen LogP contribution is -2.29. The van der Waals surface area contributed by atoms with Crippen LogP contribution in [0.2, 0.25) is 0 Å². The van der Waals surface area contributed by atoms with E-state index in [-0.39, 0.29) is 11.4 Å². The summed E-state index contributed by atoms with van der Waals surface area (Å²) in [7, 11) is 0. The van der Waals surface area contributed by atoms with Gasteiger partial charge < -0.3 is 5.11 Å². The van der Waals surface area contributed by atoms with Gasteiger partial charge in [-0.3, -0.25) is 15.0 Å². The molecule has 1 N–H and O–H groups in total. The number of aromatic hydroxyl groups is 1. The van der Waals surface area contributed by atoms with E-state index in [4.69, 9.17) is 0 Å². The fourth-order valence-electron chi connectivity index (χ4n) is 2.13. The molecule has 1 fully saturated rings. The number of nitro benzene ring substituents is 1. The van der Waals surface area contributed by atoms with Gasteiger partial charge in [0.05, 0.1) is 11.5 Å². The maximum absolute atomic E-state index is 10.6. The summed E-state index contributed by atoms with van der Waals surface area (Å²) in [5.41, 5.74) is 0.307. The predicted molar refractivity (Wildman–Crippen MR) is 71.9 cm³/mol. The monoisotopic (exact) mass is 260 g/mol. The Bertz CT molecular complexity index is 525. The smallest absolute Gasteiger partial charge is 0.310 e. The molecule has 1 heterocycles. The third-order valence-electron chi connectivity index (χ3n) is 3.16. The second kappa shape index (κ2) is 6.21. The van der Waals surface area contributed by atoms with Crippen molar-refractivity contribution in [2.45, 2.75) is 19.3 Å². The maximum Gasteiger partial charge on any atom is 0.310 e. The van der Waals surface area contributed by atoms with Crippen LogP contribution in [0, 0.1) is 22.0 Å². The first-order valence-corrected chi connectivity index (χ1v) is 6.35. The molecule has 0 amide bonds. The van der Waals surface area contributed by atoms with Crippen LogP contribution in [0.25, 0.3) is 0 Å². The predicted octanol–water partition coefficient (Wildman–Crippen LogP) is 2.14. The number of piperidine rings is 1. The van der Waals surface area contributed by atoms with Gasteiger partial charge in [-0.05, 0) is 32.0 Å². The molecule has 1 aromatic rings. The van der Waals surface area contributed by atoms with Gasteiger partial charge in [0.25, 0.3) is 0 Å². The quantitative estimate of drug-likeness (QED) is 0.502. The molecule has 1 aliphatic rings. The second-order valence-electron chi connectivity index (χ2n) is 4.60. The lowest BCUT2D eigenvalue weighted by molar-refractivity contribution is -0.385. The maximum atomic E-state index is 10.6. The molecular formula is C14H16N2O3. The van der Waals surface area contributed by atoms with Crippen molar-refractivity contribution in [3.63, 3.8) is 0 Å². The summed E-state index contributed by atoms with van der Waals surface area (Å²) in [4.78, 5) is 12.2. The van der Waals surface area contributed by atoms with Crippen molar-refractivity contribution in [2.24, 2.45) is 0 Å². The molecule has 1 saturated heterocycles. The highest BCUT2D eigenvalue weighted by Gasteiger charge is 2.12. The van der Waals surface area contributed by atoms with Gasteiger partial charge in [0.1, 0.15) is 0 Å². The highest BCUT2D eigenvalue weighted by molar-refractivity contribution is 5.51. The van der Waals surface area contributed by atoms with Gasteiger partial charge in [-0.1, -0.05) is 18.3 Å². The molecule has 0 radical (unpaired) electrons. The van der Waals surface area contributed by atoms with Crippen LogP contribution in [-0.2, 0) is 0 Å². The molecule has 0 aliphatic carbocycles. The van der Waals surface area contributed by atoms with E-state index in [9.17, 15) is 15.2 Å². The number of nitrogens with zero attached hydrogens (tertiary/aromatic N) is 2. The van der Waals surface area contributed by atoms with E-state index >= 15 is 0 Å². The Kier molecular flexibility index (Phi) is 4.37. The van der Waals surface area contributed by atoms with Crippen LogP contribution in [-0.4, -0.2) is 34.6 Å². The van der Waals surface area contributed by atoms with Crippen molar-refractivity contribution in [2.75, 3.05) is 19.6 Å². The molecule has 2 rings (SSSR count). The average molecular weight is 260 g/mol. The lowest BCUT2D eigenvalue weighted by Gasteiger charge is -2.23. The van der Waals surface area contributed by atoms with Crippen LogP contribution in [0.1, 0.15) is 24.8 Å². The summed E-state index contributed by atoms with van der Waals surface area (Å²) in [5.74, 6) is 5.63. The van der Waals surface area contributed by atoms with Gasteiger partial charge in [0, 0.05) is 17.7 Å². The molecule has 5 nitrogen and oxygen atoms in total. The van der Waals surface area contributed by atoms with Crippen molar-refractivity contribution >= 4 is 5.69 Å². The SMILES string of the molecule is O=[N+]([O-])c1ccc(C#CCN2CCCCC2)cc1O. The average Bonchev–Trinajstić information content (AvgIpc) is 2.39. The molecule has 0 unspecified atom stereocenters. The normalized spacial score (nSPS) is 15.6. The lowest BCUT2D eigenvalue weighted by atomic mass is 10.1. The second-order valence-corrected chi connectivity index (χ2v) is 4.60. The van der Waals surface area contributed by atoms with Crippen molar-refractivity contribution < 1.29 is 10.0 Å². The molecule has 19 heavy (non-hydrogen) atoms. The fraction of sp³-hybridized carbons (Fsp3) is 0.429. The number of hydrogen-bond donors (Lipinski definition) is 1. The Morgan fingerprint density at radius 3 is 2.68 bits per heavy atom. The molecule has 0 aromatic heterocycles. The van der Waals surface area contributed by atoms with E-state index in [2.05, 4.69) is 16.7 Å². The van der Waals surface area contributed by atoms with E-state index in [1.165, 1.54) is 31.4 Å². The standard InChI is InChI=1S/C14H16N2O3/c17-14-11-12(6-7-13(14)16(18)19)5-4-10-15-8-2-1-3-9-15/h6-7,11,17H,1-3,8-10H2. The van der Waals surface area contributed by atoms with Crippen LogP contribution in [0.15, 0.2) is 18.2 Å². The third-order valence-corrected chi connectivity index (χ3v) is 3.16. The van der Waals surface area contributed by atoms with Gasteiger partial charge in [-0.25, -0.2) is 0 Å². The summed E-state index contributed by atoms with van der Waals surface area (Å²) < 4.78 is 0. The van der Waals surface area contributed by atoms with Crippen molar-refractivity contribution in [3.05, 3.63) is 33.9 Å². The van der Waals surface area contributed by atoms with Crippen molar-refractivity contribution in [1.29, 1.82) is 0 Å². The van der Waals surface area contributed by atoms with E-state index in [0.29, 0.717) is 12.1 Å². The van der Waals surface area contributed by atoms with Crippen LogP contribution < -0.4 is 0 Å². The summed E-state index contributed by atoms with van der Waals surface area (Å²) in [5, 5.41) is 20.0. The van der Waals surface area contributed by atoms with Crippen LogP contribution >= 0.6 is 0 Å². The third kappa shape index (κ3) is 3.70. The molecular weight excluding hydrogens is 244 g/mol. The minimum absolute atomic E-state index is 0.290. The molecule has 0 atom stereocenters. The van der Waals surface area contributed by atoms with Crippen LogP contribution in [0.3, 0.4) is 0 Å². The minimum Gasteiger partial charge on any atom is -0.502 e. The molecule has 5 heteroatoms. The number of hydrogen-bond acceptors (Lipinski definition) is 4. The first kappa shape index (κ1) is 13.4. The number of rotatable bonds is 2. The van der Waals surface area contributed by atoms with Crippen molar-refractivity contribution in [3.8, 4) is 17.6 Å². The zero-order valence-corrected chi connectivity index (χ0v) is 10.6. The molecule has 0 saturated carbocycles. The highest BCUT2D eigenvalue weighted by atomic mass is 16.6. The Morgan fingerprint density at radius 2 is 2.05 bits per heavy atom. The van der Waals surface area contributed by atoms with Crippen LogP contribution in [0.4, 0.5) is 5.69 Å². The molecule has 1 aliphatic heterocycles. The highest BCUT2D eigenvalue weighted by Crippen LogP contribution is 2.25. The first-order valence-electron chi connectivity index (χ1n) is 6.35. The van der Waals surface area contributed by atoms with Crippen LogP contribution in [0.5, 0.6) is 5.75 Å². The van der Waals surface area contributed by atoms with Gasteiger partial charge in [0.2, 0.25) is 0 Å². The number of phenols is 1. The van der Waals surface area contributed by atoms with Gasteiger partial charge in [-0.15, -0.1) is 0 Å². The summed E-state index contributed by atoms with van der Waals surface area (Å²) >= 11 is 0. The number of benzene rings is 1. The fourth-order valence-corrected chi connectivity index (χ4v) is 2.13. The topological polar surface area (TPSA) is 66.6 Å². The Morgan fingerprint density at radius 1 is 1.32 bits per heavy atom. The zero-order chi connectivity index (χ0) is 13.7. The Balaban J connectivity index is 1.99. The van der Waals surface area contributed by atoms with Crippen molar-refractivity contribution in [1.82, 2.24) is 4.90 Å². The van der Waals surface area contributed by atoms with E-state index in [1.807, 2.05) is 0 Å². The number of phenolic OH excluding ortho intramolecular Hbond substituents is 1. The van der Waals surface area contributed by atoms with Gasteiger partial charge in [0.15, 0.2) is 5.75 Å². The zero-order valence-electron chi connectivity index (χ0n) is 10.6. The molecule has 0 bridgehead atoms. The van der Waals surface area contributed by atoms with Gasteiger partial charge in [-0.2, -0.15) is 0 Å². The Labute approximate surface area is 112 Å².